The van der Waals surface area contributed by atoms with Gasteiger partial charge in [0, 0.05) is 5.56 Å². The fourth-order valence-corrected chi connectivity index (χ4v) is 1.47. The first-order chi connectivity index (χ1) is 7.69. The zero-order chi connectivity index (χ0) is 12.0. The molecule has 0 aliphatic carbocycles. The van der Waals surface area contributed by atoms with Crippen molar-refractivity contribution in [2.45, 2.75) is 19.8 Å². The van der Waals surface area contributed by atoms with Gasteiger partial charge in [-0.1, -0.05) is 32.1 Å². The molecule has 0 saturated carbocycles. The molecule has 2 N–H and O–H groups in total. The van der Waals surface area contributed by atoms with E-state index in [1.807, 2.05) is 18.2 Å². The first-order valence-corrected chi connectivity index (χ1v) is 5.35. The zero-order valence-electron chi connectivity index (χ0n) is 10.1. The van der Waals surface area contributed by atoms with Gasteiger partial charge < -0.3 is 9.57 Å². The molecule has 0 radical (unpaired) electrons. The van der Waals surface area contributed by atoms with Crippen molar-refractivity contribution in [1.29, 1.82) is 0 Å². The summed E-state index contributed by atoms with van der Waals surface area (Å²) in [4.78, 5) is 4.49. The summed E-state index contributed by atoms with van der Waals surface area (Å²) in [5.41, 5.74) is 2.33. The van der Waals surface area contributed by atoms with Crippen LogP contribution in [0.1, 0.15) is 30.9 Å². The predicted octanol–water partition coefficient (Wildman–Crippen LogP) is 2.72. The molecule has 16 heavy (non-hydrogen) atoms. The minimum absolute atomic E-state index is 0.398. The van der Waals surface area contributed by atoms with E-state index in [4.69, 9.17) is 10.6 Å². The highest BCUT2D eigenvalue weighted by molar-refractivity contribution is 5.58. The summed E-state index contributed by atoms with van der Waals surface area (Å²) in [6.07, 6.45) is 3.82. The van der Waals surface area contributed by atoms with Crippen LogP contribution in [0.15, 0.2) is 24.3 Å². The number of nitrogens with two attached hydrogens (primary N) is 1. The fourth-order valence-electron chi connectivity index (χ4n) is 1.47. The molecule has 0 atom stereocenters. The third-order valence-corrected chi connectivity index (χ3v) is 2.41. The molecular formula is C13H19NO2. The molecule has 3 heteroatoms. The Morgan fingerprint density at radius 3 is 2.69 bits per heavy atom. The molecule has 0 aliphatic rings. The van der Waals surface area contributed by atoms with E-state index >= 15 is 0 Å². The summed E-state index contributed by atoms with van der Waals surface area (Å²) in [6, 6.07) is 6.19. The lowest BCUT2D eigenvalue weighted by Crippen LogP contribution is -1.97. The Bertz CT molecular complexity index is 359. The van der Waals surface area contributed by atoms with E-state index in [-0.39, 0.29) is 0 Å². The highest BCUT2D eigenvalue weighted by atomic mass is 16.6. The summed E-state index contributed by atoms with van der Waals surface area (Å²) in [5.74, 6) is 6.32. The molecule has 0 unspecified atom stereocenters. The number of benzene rings is 1. The first-order valence-electron chi connectivity index (χ1n) is 5.35. The van der Waals surface area contributed by atoms with Crippen molar-refractivity contribution in [3.63, 3.8) is 0 Å². The number of hydrogen-bond donors (Lipinski definition) is 1. The molecule has 1 rings (SSSR count). The zero-order valence-corrected chi connectivity index (χ0v) is 10.1. The van der Waals surface area contributed by atoms with Crippen molar-refractivity contribution in [2.75, 3.05) is 13.7 Å². The van der Waals surface area contributed by atoms with Gasteiger partial charge in [0.05, 0.1) is 13.7 Å². The summed E-state index contributed by atoms with van der Waals surface area (Å²) in [7, 11) is 1.67. The summed E-state index contributed by atoms with van der Waals surface area (Å²) < 4.78 is 5.29. The summed E-state index contributed by atoms with van der Waals surface area (Å²) in [5, 5.41) is 0. The molecule has 88 valence electrons. The van der Waals surface area contributed by atoms with Crippen LogP contribution in [-0.2, 0) is 4.84 Å². The van der Waals surface area contributed by atoms with Crippen LogP contribution in [0.3, 0.4) is 0 Å². The van der Waals surface area contributed by atoms with Crippen LogP contribution in [0.5, 0.6) is 5.75 Å². The van der Waals surface area contributed by atoms with Crippen LogP contribution in [-0.4, -0.2) is 13.7 Å². The highest BCUT2D eigenvalue weighted by Crippen LogP contribution is 2.25. The first kappa shape index (κ1) is 12.7. The topological polar surface area (TPSA) is 44.5 Å². The van der Waals surface area contributed by atoms with E-state index in [1.54, 1.807) is 7.11 Å². The highest BCUT2D eigenvalue weighted by Gasteiger charge is 2.04. The molecule has 1 aromatic carbocycles. The average molecular weight is 221 g/mol. The monoisotopic (exact) mass is 221 g/mol. The minimum Gasteiger partial charge on any atom is -0.496 e. The molecule has 0 spiro atoms. The van der Waals surface area contributed by atoms with Crippen LogP contribution < -0.4 is 10.6 Å². The average Bonchev–Trinajstić information content (AvgIpc) is 2.29. The van der Waals surface area contributed by atoms with Crippen LogP contribution in [0.4, 0.5) is 0 Å². The van der Waals surface area contributed by atoms with Gasteiger partial charge in [0.25, 0.3) is 0 Å². The lowest BCUT2D eigenvalue weighted by atomic mass is 10.00. The predicted molar refractivity (Wildman–Crippen MR) is 66.3 cm³/mol. The van der Waals surface area contributed by atoms with Gasteiger partial charge in [0.15, 0.2) is 0 Å². The van der Waals surface area contributed by atoms with Crippen molar-refractivity contribution in [2.24, 2.45) is 5.90 Å². The quantitative estimate of drug-likeness (QED) is 0.777. The second-order valence-electron chi connectivity index (χ2n) is 3.89. The van der Waals surface area contributed by atoms with E-state index in [9.17, 15) is 0 Å². The molecule has 0 aromatic heterocycles. The molecular weight excluding hydrogens is 202 g/mol. The molecule has 3 nitrogen and oxygen atoms in total. The third kappa shape index (κ3) is 3.36. The second kappa shape index (κ2) is 6.30. The molecule has 0 aliphatic heterocycles. The molecule has 0 bridgehead atoms. The second-order valence-corrected chi connectivity index (χ2v) is 3.89. The number of hydrogen-bond acceptors (Lipinski definition) is 3. The summed E-state index contributed by atoms with van der Waals surface area (Å²) in [6.45, 7) is 4.73. The maximum Gasteiger partial charge on any atom is 0.126 e. The van der Waals surface area contributed by atoms with Gasteiger partial charge in [0.2, 0.25) is 0 Å². The van der Waals surface area contributed by atoms with Gasteiger partial charge >= 0.3 is 0 Å². The van der Waals surface area contributed by atoms with Crippen molar-refractivity contribution in [3.8, 4) is 5.75 Å². The van der Waals surface area contributed by atoms with Crippen LogP contribution >= 0.6 is 0 Å². The maximum absolute atomic E-state index is 5.29. The normalized spacial score (nSPS) is 11.3. The van der Waals surface area contributed by atoms with E-state index in [0.29, 0.717) is 12.5 Å². The van der Waals surface area contributed by atoms with Crippen molar-refractivity contribution in [3.05, 3.63) is 35.4 Å². The largest absolute Gasteiger partial charge is 0.496 e. The van der Waals surface area contributed by atoms with Crippen LogP contribution in [0.25, 0.3) is 6.08 Å². The number of methoxy groups -OCH3 is 1. The van der Waals surface area contributed by atoms with Crippen molar-refractivity contribution < 1.29 is 9.57 Å². The van der Waals surface area contributed by atoms with Crippen molar-refractivity contribution >= 4 is 6.08 Å². The standard InChI is InChI=1S/C13H19NO2/c1-10(2)11-6-7-13(15-3)12(9-11)5-4-8-16-14/h4-7,9-10H,8,14H2,1-3H3/b5-4+. The Morgan fingerprint density at radius 1 is 1.38 bits per heavy atom. The molecule has 0 fully saturated rings. The van der Waals surface area contributed by atoms with E-state index < -0.39 is 0 Å². The van der Waals surface area contributed by atoms with Gasteiger partial charge in [-0.3, -0.25) is 0 Å². The minimum atomic E-state index is 0.398. The Hall–Kier alpha value is -1.32. The van der Waals surface area contributed by atoms with Gasteiger partial charge in [-0.2, -0.15) is 0 Å². The fraction of sp³-hybridized carbons (Fsp3) is 0.385. The Balaban J connectivity index is 2.97. The lowest BCUT2D eigenvalue weighted by molar-refractivity contribution is 0.168. The Labute approximate surface area is 96.8 Å². The number of rotatable bonds is 5. The molecule has 0 heterocycles. The van der Waals surface area contributed by atoms with Crippen LogP contribution in [0, 0.1) is 0 Å². The Kier molecular flexibility index (Phi) is 5.02. The Morgan fingerprint density at radius 2 is 2.12 bits per heavy atom. The number of ether oxygens (including phenoxy) is 1. The van der Waals surface area contributed by atoms with Gasteiger partial charge in [0.1, 0.15) is 5.75 Å². The summed E-state index contributed by atoms with van der Waals surface area (Å²) >= 11 is 0. The van der Waals surface area contributed by atoms with Gasteiger partial charge in [-0.05, 0) is 23.6 Å². The van der Waals surface area contributed by atoms with Crippen molar-refractivity contribution in [1.82, 2.24) is 0 Å². The maximum atomic E-state index is 5.29. The molecule has 0 amide bonds. The lowest BCUT2D eigenvalue weighted by Gasteiger charge is -2.10. The molecule has 0 saturated heterocycles. The smallest absolute Gasteiger partial charge is 0.126 e. The molecule has 1 aromatic rings. The van der Waals surface area contributed by atoms with Crippen LogP contribution in [0.2, 0.25) is 0 Å². The van der Waals surface area contributed by atoms with E-state index in [0.717, 1.165) is 11.3 Å². The van der Waals surface area contributed by atoms with Gasteiger partial charge in [-0.25, -0.2) is 5.90 Å². The van der Waals surface area contributed by atoms with E-state index in [2.05, 4.69) is 30.8 Å². The third-order valence-electron chi connectivity index (χ3n) is 2.41. The SMILES string of the molecule is COc1ccc(C(C)C)cc1/C=C/CON. The van der Waals surface area contributed by atoms with E-state index in [1.165, 1.54) is 5.56 Å². The van der Waals surface area contributed by atoms with Gasteiger partial charge in [-0.15, -0.1) is 0 Å².